The molecule has 1 nitrogen and oxygen atoms in total. The van der Waals surface area contributed by atoms with E-state index in [9.17, 15) is 0 Å². The van der Waals surface area contributed by atoms with Gasteiger partial charge in [-0.1, -0.05) is 39.0 Å². The number of aryl methyl sites for hydroxylation is 1. The molecular weight excluding hydrogens is 182 g/mol. The minimum absolute atomic E-state index is 1.13. The Labute approximate surface area is 94.1 Å². The van der Waals surface area contributed by atoms with Crippen LogP contribution in [0.25, 0.3) is 0 Å². The van der Waals surface area contributed by atoms with Gasteiger partial charge in [0.1, 0.15) is 0 Å². The first kappa shape index (κ1) is 12.3. The Kier molecular flexibility index (Phi) is 4.83. The molecular formula is C14H23N. The van der Waals surface area contributed by atoms with Crippen molar-refractivity contribution in [1.82, 2.24) is 4.90 Å². The molecule has 0 amide bonds. The fourth-order valence-electron chi connectivity index (χ4n) is 1.97. The van der Waals surface area contributed by atoms with Gasteiger partial charge in [0.2, 0.25) is 0 Å². The molecule has 1 heteroatoms. The molecule has 0 atom stereocenters. The number of hydrogen-bond acceptors (Lipinski definition) is 1. The van der Waals surface area contributed by atoms with E-state index in [2.05, 4.69) is 37.1 Å². The smallest absolute Gasteiger partial charge is 0.0233 e. The van der Waals surface area contributed by atoms with Crippen LogP contribution in [-0.4, -0.2) is 18.5 Å². The second kappa shape index (κ2) is 5.92. The predicted molar refractivity (Wildman–Crippen MR) is 67.2 cm³/mol. The molecule has 1 aromatic rings. The van der Waals surface area contributed by atoms with Gasteiger partial charge in [-0.15, -0.1) is 0 Å². The van der Waals surface area contributed by atoms with Crippen LogP contribution in [0.5, 0.6) is 0 Å². The molecule has 1 aliphatic rings. The minimum atomic E-state index is 1.13. The van der Waals surface area contributed by atoms with Crippen molar-refractivity contribution in [3.05, 3.63) is 34.9 Å². The molecule has 0 spiro atoms. The molecule has 0 bridgehead atoms. The molecule has 1 aliphatic heterocycles. The van der Waals surface area contributed by atoms with Crippen molar-refractivity contribution in [2.45, 2.75) is 40.2 Å². The first-order chi connectivity index (χ1) is 7.29. The summed E-state index contributed by atoms with van der Waals surface area (Å²) in [5, 5.41) is 0. The van der Waals surface area contributed by atoms with E-state index >= 15 is 0 Å². The maximum atomic E-state index is 2.39. The first-order valence-electron chi connectivity index (χ1n) is 6.09. The minimum Gasteiger partial charge on any atom is -0.302 e. The molecule has 15 heavy (non-hydrogen) atoms. The van der Waals surface area contributed by atoms with Crippen molar-refractivity contribution in [1.29, 1.82) is 0 Å². The summed E-state index contributed by atoms with van der Waals surface area (Å²) < 4.78 is 0. The number of hydrogen-bond donors (Lipinski definition) is 0. The highest BCUT2D eigenvalue weighted by Crippen LogP contribution is 2.19. The van der Waals surface area contributed by atoms with E-state index in [0.717, 1.165) is 13.0 Å². The summed E-state index contributed by atoms with van der Waals surface area (Å²) in [5.41, 5.74) is 4.55. The van der Waals surface area contributed by atoms with E-state index < -0.39 is 0 Å². The van der Waals surface area contributed by atoms with E-state index in [1.165, 1.54) is 24.1 Å². The summed E-state index contributed by atoms with van der Waals surface area (Å²) in [4.78, 5) is 2.39. The average molecular weight is 205 g/mol. The summed E-state index contributed by atoms with van der Waals surface area (Å²) in [5.74, 6) is 0. The molecule has 0 aliphatic carbocycles. The van der Waals surface area contributed by atoms with Gasteiger partial charge in [-0.25, -0.2) is 0 Å². The number of likely N-dealkylation sites (N-methyl/N-ethyl adjacent to an activating group) is 1. The van der Waals surface area contributed by atoms with Crippen LogP contribution >= 0.6 is 0 Å². The summed E-state index contributed by atoms with van der Waals surface area (Å²) in [7, 11) is 2.20. The molecule has 84 valence electrons. The summed E-state index contributed by atoms with van der Waals surface area (Å²) in [6.45, 7) is 8.55. The molecule has 0 radical (unpaired) electrons. The second-order valence-corrected chi connectivity index (χ2v) is 3.94. The summed E-state index contributed by atoms with van der Waals surface area (Å²) >= 11 is 0. The number of fused-ring (bicyclic) bond motifs is 1. The zero-order valence-corrected chi connectivity index (χ0v) is 10.5. The summed E-state index contributed by atoms with van der Waals surface area (Å²) in [6.07, 6.45) is 2.37. The topological polar surface area (TPSA) is 3.24 Å². The Morgan fingerprint density at radius 1 is 1.20 bits per heavy atom. The van der Waals surface area contributed by atoms with Crippen LogP contribution in [-0.2, 0) is 19.4 Å². The van der Waals surface area contributed by atoms with E-state index in [4.69, 9.17) is 0 Å². The van der Waals surface area contributed by atoms with Crippen LogP contribution in [0.4, 0.5) is 0 Å². The van der Waals surface area contributed by atoms with E-state index in [0.29, 0.717) is 0 Å². The largest absolute Gasteiger partial charge is 0.302 e. The van der Waals surface area contributed by atoms with Crippen molar-refractivity contribution in [2.24, 2.45) is 0 Å². The lowest BCUT2D eigenvalue weighted by Gasteiger charge is -2.25. The third-order valence-electron chi connectivity index (χ3n) is 2.88. The van der Waals surface area contributed by atoms with E-state index in [1.54, 1.807) is 5.56 Å². The van der Waals surface area contributed by atoms with Gasteiger partial charge < -0.3 is 4.90 Å². The molecule has 0 saturated carbocycles. The van der Waals surface area contributed by atoms with Crippen molar-refractivity contribution in [3.63, 3.8) is 0 Å². The highest BCUT2D eigenvalue weighted by atomic mass is 15.1. The van der Waals surface area contributed by atoms with Crippen molar-refractivity contribution >= 4 is 0 Å². The number of nitrogens with zero attached hydrogens (tertiary/aromatic N) is 1. The lowest BCUT2D eigenvalue weighted by Crippen LogP contribution is -2.26. The standard InChI is InChI=1S/C12H17N.C2H6/c1-3-10-4-5-11-6-7-13(2)9-12(11)8-10;1-2/h4-5,8H,3,6-7,9H2,1-2H3;1-2H3. The van der Waals surface area contributed by atoms with Gasteiger partial charge in [0, 0.05) is 13.1 Å². The Bertz CT molecular complexity index is 304. The van der Waals surface area contributed by atoms with Gasteiger partial charge >= 0.3 is 0 Å². The van der Waals surface area contributed by atoms with Crippen molar-refractivity contribution in [2.75, 3.05) is 13.6 Å². The monoisotopic (exact) mass is 205 g/mol. The average Bonchev–Trinajstić information content (AvgIpc) is 2.30. The molecule has 1 aromatic carbocycles. The summed E-state index contributed by atoms with van der Waals surface area (Å²) in [6, 6.07) is 6.94. The first-order valence-corrected chi connectivity index (χ1v) is 6.09. The maximum absolute atomic E-state index is 2.39. The zero-order valence-electron chi connectivity index (χ0n) is 10.5. The highest BCUT2D eigenvalue weighted by molar-refractivity contribution is 5.33. The van der Waals surface area contributed by atoms with E-state index in [-0.39, 0.29) is 0 Å². The van der Waals surface area contributed by atoms with Crippen LogP contribution in [0.15, 0.2) is 18.2 Å². The quantitative estimate of drug-likeness (QED) is 0.680. The third-order valence-corrected chi connectivity index (χ3v) is 2.88. The van der Waals surface area contributed by atoms with Crippen LogP contribution in [0, 0.1) is 0 Å². The van der Waals surface area contributed by atoms with Crippen molar-refractivity contribution < 1.29 is 0 Å². The van der Waals surface area contributed by atoms with Crippen LogP contribution in [0.2, 0.25) is 0 Å². The maximum Gasteiger partial charge on any atom is 0.0233 e. The van der Waals surface area contributed by atoms with Gasteiger partial charge in [0.15, 0.2) is 0 Å². The number of rotatable bonds is 1. The zero-order chi connectivity index (χ0) is 11.3. The Balaban J connectivity index is 0.000000531. The van der Waals surface area contributed by atoms with Crippen molar-refractivity contribution in [3.8, 4) is 0 Å². The lowest BCUT2D eigenvalue weighted by atomic mass is 9.97. The number of benzene rings is 1. The van der Waals surface area contributed by atoms with Gasteiger partial charge in [0.25, 0.3) is 0 Å². The third kappa shape index (κ3) is 3.07. The van der Waals surface area contributed by atoms with Gasteiger partial charge in [0.05, 0.1) is 0 Å². The van der Waals surface area contributed by atoms with E-state index in [1.807, 2.05) is 13.8 Å². The fraction of sp³-hybridized carbons (Fsp3) is 0.571. The molecule has 0 aromatic heterocycles. The Hall–Kier alpha value is -0.820. The lowest BCUT2D eigenvalue weighted by molar-refractivity contribution is 0.313. The van der Waals surface area contributed by atoms with Gasteiger partial charge in [-0.2, -0.15) is 0 Å². The molecule has 0 N–H and O–H groups in total. The Morgan fingerprint density at radius 3 is 2.60 bits per heavy atom. The predicted octanol–water partition coefficient (Wildman–Crippen LogP) is 3.26. The van der Waals surface area contributed by atoms with Crippen LogP contribution < -0.4 is 0 Å². The normalized spacial score (nSPS) is 15.2. The van der Waals surface area contributed by atoms with Gasteiger partial charge in [-0.3, -0.25) is 0 Å². The van der Waals surface area contributed by atoms with Crippen LogP contribution in [0.3, 0.4) is 0 Å². The molecule has 2 rings (SSSR count). The highest BCUT2D eigenvalue weighted by Gasteiger charge is 2.12. The Morgan fingerprint density at radius 2 is 1.93 bits per heavy atom. The molecule has 0 unspecified atom stereocenters. The second-order valence-electron chi connectivity index (χ2n) is 3.94. The molecule has 1 heterocycles. The van der Waals surface area contributed by atoms with Gasteiger partial charge in [-0.05, 0) is 36.6 Å². The van der Waals surface area contributed by atoms with Crippen LogP contribution in [0.1, 0.15) is 37.5 Å². The molecule has 0 fully saturated rings. The SMILES string of the molecule is CC.CCc1ccc2c(c1)CN(C)CC2. The molecule has 0 saturated heterocycles. The fourth-order valence-corrected chi connectivity index (χ4v) is 1.97.